The van der Waals surface area contributed by atoms with Crippen LogP contribution in [0.1, 0.15) is 0 Å². The third kappa shape index (κ3) is 2.92. The summed E-state index contributed by atoms with van der Waals surface area (Å²) in [6.45, 7) is 0. The van der Waals surface area contributed by atoms with Crippen LogP contribution in [0.15, 0.2) is 38.8 Å². The van der Waals surface area contributed by atoms with Gasteiger partial charge in [-0.15, -0.1) is 0 Å². The molecule has 0 fully saturated rings. The highest BCUT2D eigenvalue weighted by atomic mass is 79.9. The molecule has 0 aliphatic rings. The first-order chi connectivity index (χ1) is 8.06. The molecule has 1 aromatic carbocycles. The second-order valence-corrected chi connectivity index (χ2v) is 4.98. The highest BCUT2D eigenvalue weighted by Gasteiger charge is 2.08. The zero-order valence-electron chi connectivity index (χ0n) is 8.32. The molecule has 88 valence electrons. The van der Waals surface area contributed by atoms with Crippen LogP contribution < -0.4 is 5.73 Å². The number of aromatic nitrogens is 2. The topological polar surface area (TPSA) is 51.8 Å². The first-order valence-electron chi connectivity index (χ1n) is 4.47. The predicted molar refractivity (Wildman–Crippen MR) is 64.6 cm³/mol. The number of benzene rings is 1. The molecule has 0 aliphatic heterocycles. The normalized spacial score (nSPS) is 10.5. The van der Waals surface area contributed by atoms with Gasteiger partial charge in [0.15, 0.2) is 11.6 Å². The maximum absolute atomic E-state index is 13.0. The summed E-state index contributed by atoms with van der Waals surface area (Å²) in [6, 6.07) is 3.63. The van der Waals surface area contributed by atoms with E-state index in [1.165, 1.54) is 24.0 Å². The Labute approximate surface area is 109 Å². The van der Waals surface area contributed by atoms with Crippen LogP contribution in [0.25, 0.3) is 0 Å². The lowest BCUT2D eigenvalue weighted by Gasteiger charge is -2.04. The van der Waals surface area contributed by atoms with Crippen molar-refractivity contribution < 1.29 is 8.78 Å². The van der Waals surface area contributed by atoms with Gasteiger partial charge in [0.05, 0.1) is 4.47 Å². The van der Waals surface area contributed by atoms with Gasteiger partial charge in [-0.3, -0.25) is 0 Å². The Morgan fingerprint density at radius 2 is 2.00 bits per heavy atom. The summed E-state index contributed by atoms with van der Waals surface area (Å²) in [5.41, 5.74) is 5.44. The molecule has 1 aromatic heterocycles. The lowest BCUT2D eigenvalue weighted by atomic mass is 10.3. The van der Waals surface area contributed by atoms with Gasteiger partial charge in [-0.05, 0) is 34.1 Å². The van der Waals surface area contributed by atoms with Gasteiger partial charge < -0.3 is 5.73 Å². The Bertz CT molecular complexity index is 565. The van der Waals surface area contributed by atoms with E-state index in [-0.39, 0.29) is 5.95 Å². The van der Waals surface area contributed by atoms with Gasteiger partial charge in [0.2, 0.25) is 5.95 Å². The number of halogens is 3. The van der Waals surface area contributed by atoms with E-state index < -0.39 is 11.6 Å². The minimum absolute atomic E-state index is 0.123. The van der Waals surface area contributed by atoms with Crippen molar-refractivity contribution in [3.8, 4) is 0 Å². The molecule has 2 N–H and O–H groups in total. The molecule has 1 heterocycles. The maximum atomic E-state index is 13.0. The number of hydrogen-bond donors (Lipinski definition) is 1. The monoisotopic (exact) mass is 317 g/mol. The molecule has 2 rings (SSSR count). The molecule has 0 radical (unpaired) electrons. The van der Waals surface area contributed by atoms with Crippen molar-refractivity contribution in [2.24, 2.45) is 0 Å². The number of hydrogen-bond acceptors (Lipinski definition) is 4. The summed E-state index contributed by atoms with van der Waals surface area (Å²) < 4.78 is 26.4. The Morgan fingerprint density at radius 3 is 2.71 bits per heavy atom. The molecule has 2 aromatic rings. The van der Waals surface area contributed by atoms with Crippen LogP contribution in [-0.4, -0.2) is 9.97 Å². The van der Waals surface area contributed by atoms with Crippen LogP contribution in [0.2, 0.25) is 0 Å². The average molecular weight is 318 g/mol. The van der Waals surface area contributed by atoms with E-state index in [0.717, 1.165) is 12.1 Å². The number of nitrogens with two attached hydrogens (primary N) is 1. The number of anilines is 1. The molecule has 0 bridgehead atoms. The van der Waals surface area contributed by atoms with Gasteiger partial charge in [0.1, 0.15) is 5.03 Å². The molecule has 17 heavy (non-hydrogen) atoms. The minimum atomic E-state index is -0.895. The van der Waals surface area contributed by atoms with E-state index in [1.54, 1.807) is 0 Å². The molecule has 0 aliphatic carbocycles. The number of nitrogens with zero attached hydrogens (tertiary/aromatic N) is 2. The smallest absolute Gasteiger partial charge is 0.221 e. The van der Waals surface area contributed by atoms with Gasteiger partial charge in [-0.2, -0.15) is 0 Å². The second-order valence-electron chi connectivity index (χ2n) is 3.06. The van der Waals surface area contributed by atoms with Crippen LogP contribution in [0.4, 0.5) is 14.7 Å². The number of rotatable bonds is 2. The van der Waals surface area contributed by atoms with Crippen molar-refractivity contribution in [3.63, 3.8) is 0 Å². The summed E-state index contributed by atoms with van der Waals surface area (Å²) in [4.78, 5) is 8.30. The van der Waals surface area contributed by atoms with Crippen molar-refractivity contribution in [1.29, 1.82) is 0 Å². The molecule has 0 unspecified atom stereocenters. The van der Waals surface area contributed by atoms with E-state index in [9.17, 15) is 8.78 Å². The lowest BCUT2D eigenvalue weighted by Crippen LogP contribution is -1.95. The van der Waals surface area contributed by atoms with Gasteiger partial charge in [0.25, 0.3) is 0 Å². The highest BCUT2D eigenvalue weighted by molar-refractivity contribution is 9.10. The van der Waals surface area contributed by atoms with Crippen LogP contribution in [0.5, 0.6) is 0 Å². The highest BCUT2D eigenvalue weighted by Crippen LogP contribution is 2.32. The zero-order chi connectivity index (χ0) is 12.4. The van der Waals surface area contributed by atoms with Gasteiger partial charge in [0, 0.05) is 11.1 Å². The van der Waals surface area contributed by atoms with E-state index in [2.05, 4.69) is 25.9 Å². The zero-order valence-corrected chi connectivity index (χ0v) is 10.7. The van der Waals surface area contributed by atoms with Gasteiger partial charge in [-0.25, -0.2) is 18.7 Å². The van der Waals surface area contributed by atoms with E-state index >= 15 is 0 Å². The Hall–Kier alpha value is -1.21. The summed E-state index contributed by atoms with van der Waals surface area (Å²) in [6.07, 6.45) is 1.50. The van der Waals surface area contributed by atoms with Crippen molar-refractivity contribution in [1.82, 2.24) is 9.97 Å². The second kappa shape index (κ2) is 4.97. The lowest BCUT2D eigenvalue weighted by molar-refractivity contribution is 0.506. The summed E-state index contributed by atoms with van der Waals surface area (Å²) in [7, 11) is 0. The van der Waals surface area contributed by atoms with Crippen molar-refractivity contribution >= 4 is 33.6 Å². The van der Waals surface area contributed by atoms with Crippen LogP contribution >= 0.6 is 27.7 Å². The third-order valence-corrected chi connectivity index (χ3v) is 3.67. The van der Waals surface area contributed by atoms with Gasteiger partial charge >= 0.3 is 0 Å². The molecule has 0 saturated carbocycles. The molecule has 0 amide bonds. The fourth-order valence-corrected chi connectivity index (χ4v) is 2.33. The quantitative estimate of drug-likeness (QED) is 0.864. The Kier molecular flexibility index (Phi) is 3.58. The van der Waals surface area contributed by atoms with E-state index in [1.807, 2.05) is 0 Å². The summed E-state index contributed by atoms with van der Waals surface area (Å²) >= 11 is 4.42. The Morgan fingerprint density at radius 1 is 1.24 bits per heavy atom. The van der Waals surface area contributed by atoms with E-state index in [0.29, 0.717) is 14.4 Å². The fraction of sp³-hybridized carbons (Fsp3) is 0. The number of nitrogen functional groups attached to an aromatic ring is 1. The Balaban J connectivity index is 2.31. The standard InChI is InChI=1S/C10H6BrF2N3S/c11-6-4-15-10(14)16-9(6)17-5-1-2-7(12)8(13)3-5/h1-4H,(H2,14,15,16). The van der Waals surface area contributed by atoms with Crippen LogP contribution in [-0.2, 0) is 0 Å². The van der Waals surface area contributed by atoms with Crippen LogP contribution in [0, 0.1) is 11.6 Å². The molecule has 0 atom stereocenters. The SMILES string of the molecule is Nc1ncc(Br)c(Sc2ccc(F)c(F)c2)n1. The maximum Gasteiger partial charge on any atom is 0.221 e. The first-order valence-corrected chi connectivity index (χ1v) is 6.08. The molecule has 3 nitrogen and oxygen atoms in total. The first kappa shape index (κ1) is 12.3. The third-order valence-electron chi connectivity index (χ3n) is 1.84. The molecule has 0 spiro atoms. The molecular weight excluding hydrogens is 312 g/mol. The van der Waals surface area contributed by atoms with Crippen LogP contribution in [0.3, 0.4) is 0 Å². The fourth-order valence-electron chi connectivity index (χ4n) is 1.09. The van der Waals surface area contributed by atoms with Gasteiger partial charge in [-0.1, -0.05) is 11.8 Å². The average Bonchev–Trinajstić information content (AvgIpc) is 2.29. The summed E-state index contributed by atoms with van der Waals surface area (Å²) in [5, 5.41) is 0.545. The van der Waals surface area contributed by atoms with Crippen molar-refractivity contribution in [2.75, 3.05) is 5.73 Å². The van der Waals surface area contributed by atoms with E-state index in [4.69, 9.17) is 5.73 Å². The molecule has 7 heteroatoms. The van der Waals surface area contributed by atoms with Crippen molar-refractivity contribution in [3.05, 3.63) is 40.5 Å². The molecule has 0 saturated heterocycles. The largest absolute Gasteiger partial charge is 0.368 e. The molecular formula is C10H6BrF2N3S. The summed E-state index contributed by atoms with van der Waals surface area (Å²) in [5.74, 6) is -1.65. The minimum Gasteiger partial charge on any atom is -0.368 e. The van der Waals surface area contributed by atoms with Crippen molar-refractivity contribution in [2.45, 2.75) is 9.92 Å². The predicted octanol–water partition coefficient (Wildman–Crippen LogP) is 3.25.